The number of pyridine rings is 1. The molecule has 0 radical (unpaired) electrons. The van der Waals surface area contributed by atoms with Crippen molar-refractivity contribution in [2.45, 2.75) is 31.6 Å². The van der Waals surface area contributed by atoms with Gasteiger partial charge in [-0.05, 0) is 103 Å². The van der Waals surface area contributed by atoms with Gasteiger partial charge in [-0.3, -0.25) is 0 Å². The molecule has 0 amide bonds. The van der Waals surface area contributed by atoms with E-state index in [2.05, 4.69) is 303 Å². The summed E-state index contributed by atoms with van der Waals surface area (Å²) in [7, 11) is 0. The van der Waals surface area contributed by atoms with Crippen molar-refractivity contribution in [1.29, 1.82) is 0 Å². The SMILES string of the molecule is CC(C)(C)c1ccnc(-n2c3[c-]c(Oc4[c-]c(N5[CH-]N(c6c(-c7ccccc7)cc(C7(c8ccccc8)c8ccccc8-c8ccccc87)cc6-c6ccccc6)c6ccccc65)ccc4)ccc3c3cccc(-c4ccccc4)c32)c1.[Pt]. The molecule has 0 saturated carbocycles. The summed E-state index contributed by atoms with van der Waals surface area (Å²) >= 11 is 0. The Morgan fingerprint density at radius 2 is 0.976 bits per heavy atom. The second-order valence-corrected chi connectivity index (χ2v) is 22.3. The van der Waals surface area contributed by atoms with Gasteiger partial charge in [-0.15, -0.1) is 48.1 Å². The van der Waals surface area contributed by atoms with Gasteiger partial charge in [-0.25, -0.2) is 4.98 Å². The third-order valence-electron chi connectivity index (χ3n) is 16.6. The van der Waals surface area contributed by atoms with Crippen LogP contribution in [0.15, 0.2) is 273 Å². The van der Waals surface area contributed by atoms with Crippen LogP contribution in [0.4, 0.5) is 22.7 Å². The van der Waals surface area contributed by atoms with E-state index in [4.69, 9.17) is 9.72 Å². The number of hydrogen-bond donors (Lipinski definition) is 0. The van der Waals surface area contributed by atoms with E-state index in [1.54, 1.807) is 0 Å². The molecule has 0 atom stereocenters. The van der Waals surface area contributed by atoms with Crippen molar-refractivity contribution >= 4 is 44.6 Å². The van der Waals surface area contributed by atoms with Crippen LogP contribution in [-0.2, 0) is 31.9 Å². The first-order valence-electron chi connectivity index (χ1n) is 28.1. The van der Waals surface area contributed by atoms with Crippen LogP contribution in [0.2, 0.25) is 0 Å². The summed E-state index contributed by atoms with van der Waals surface area (Å²) in [5.41, 5.74) is 20.6. The molecule has 5 nitrogen and oxygen atoms in total. The van der Waals surface area contributed by atoms with E-state index in [1.165, 1.54) is 38.9 Å². The predicted molar refractivity (Wildman–Crippen MR) is 337 cm³/mol. The summed E-state index contributed by atoms with van der Waals surface area (Å²) in [5.74, 6) is 1.98. The zero-order valence-electron chi connectivity index (χ0n) is 46.1. The average Bonchev–Trinajstić information content (AvgIpc) is 1.94. The zero-order chi connectivity index (χ0) is 54.9. The molecule has 6 heteroatoms. The quantitative estimate of drug-likeness (QED) is 0.128. The molecule has 0 unspecified atom stereocenters. The van der Waals surface area contributed by atoms with Crippen LogP contribution in [0.5, 0.6) is 11.5 Å². The smallest absolute Gasteiger partial charge is 0.135 e. The van der Waals surface area contributed by atoms with Gasteiger partial charge in [-0.1, -0.05) is 226 Å². The standard InChI is InChI=1S/C77H55N4O.Pt/c1-76(2,3)56-44-45-78-73(48-56)81-72-50-60(42-43-64(72)65-37-23-36-61(75(65)81)52-24-8-4-9-25-52)82-59-33-22-32-58(49-59)79-51-80(71-41-21-20-40-70(71)79)74-66(53-26-10-5-11-27-53)46-57(47-67(74)54-28-12-6-13-29-54)77(55-30-14-7-15-31-55)68-38-18-16-34-62(68)63-35-17-19-39-69(63)77;/h4-48,51H,1-3H3;/q-3;. The third-order valence-corrected chi connectivity index (χ3v) is 16.6. The van der Waals surface area contributed by atoms with E-state index in [-0.39, 0.29) is 26.5 Å². The van der Waals surface area contributed by atoms with Crippen LogP contribution >= 0.6 is 0 Å². The summed E-state index contributed by atoms with van der Waals surface area (Å²) in [6.45, 7) is 8.94. The summed E-state index contributed by atoms with van der Waals surface area (Å²) in [5, 5.41) is 2.18. The molecule has 2 aliphatic rings. The maximum atomic E-state index is 6.88. The van der Waals surface area contributed by atoms with Gasteiger partial charge < -0.3 is 19.1 Å². The largest absolute Gasteiger partial charge is 0.509 e. The molecule has 15 rings (SSSR count). The molecule has 83 heavy (non-hydrogen) atoms. The molecule has 0 spiro atoms. The molecule has 0 fully saturated rings. The minimum atomic E-state index is -0.619. The van der Waals surface area contributed by atoms with Crippen molar-refractivity contribution in [3.63, 3.8) is 0 Å². The summed E-state index contributed by atoms with van der Waals surface area (Å²) < 4.78 is 9.14. The van der Waals surface area contributed by atoms with E-state index < -0.39 is 5.41 Å². The summed E-state index contributed by atoms with van der Waals surface area (Å²) in [6.07, 6.45) is 1.92. The molecule has 11 aromatic carbocycles. The monoisotopic (exact) mass is 1250 g/mol. The van der Waals surface area contributed by atoms with Crippen LogP contribution in [-0.4, -0.2) is 9.55 Å². The Bertz CT molecular complexity index is 4460. The Balaban J connectivity index is 0.00000614. The van der Waals surface area contributed by atoms with Crippen molar-refractivity contribution in [1.82, 2.24) is 9.55 Å². The van der Waals surface area contributed by atoms with Gasteiger partial charge >= 0.3 is 0 Å². The fourth-order valence-electron chi connectivity index (χ4n) is 12.9. The van der Waals surface area contributed by atoms with Crippen molar-refractivity contribution < 1.29 is 25.8 Å². The number of para-hydroxylation sites is 3. The van der Waals surface area contributed by atoms with E-state index in [1.807, 2.05) is 24.4 Å². The first-order valence-corrected chi connectivity index (χ1v) is 28.1. The second kappa shape index (κ2) is 20.8. The fraction of sp³-hybridized carbons (Fsp3) is 0.0649. The number of aromatic nitrogens is 2. The van der Waals surface area contributed by atoms with Gasteiger partial charge in [0, 0.05) is 78.0 Å². The van der Waals surface area contributed by atoms with Crippen LogP contribution in [0, 0.1) is 18.8 Å². The molecular formula is C77H55N4OPt-3. The number of ether oxygens (including phenoxy) is 1. The first-order chi connectivity index (χ1) is 40.3. The molecule has 13 aromatic rings. The van der Waals surface area contributed by atoms with Gasteiger partial charge in [-0.2, -0.15) is 12.1 Å². The van der Waals surface area contributed by atoms with Crippen molar-refractivity contribution in [3.05, 3.63) is 320 Å². The van der Waals surface area contributed by atoms with Gasteiger partial charge in [0.05, 0.1) is 5.41 Å². The molecular weight excluding hydrogens is 1190 g/mol. The Kier molecular flexibility index (Phi) is 12.9. The number of rotatable bonds is 10. The molecule has 1 aliphatic carbocycles. The van der Waals surface area contributed by atoms with Crippen molar-refractivity contribution in [3.8, 4) is 61.8 Å². The van der Waals surface area contributed by atoms with Crippen molar-refractivity contribution in [2.75, 3.05) is 9.80 Å². The molecule has 2 aromatic heterocycles. The number of anilines is 4. The molecule has 0 bridgehead atoms. The maximum Gasteiger partial charge on any atom is 0.135 e. The Morgan fingerprint density at radius 3 is 1.60 bits per heavy atom. The van der Waals surface area contributed by atoms with E-state index in [0.29, 0.717) is 11.5 Å². The molecule has 0 N–H and O–H groups in total. The Morgan fingerprint density at radius 1 is 0.446 bits per heavy atom. The van der Waals surface area contributed by atoms with Crippen LogP contribution in [0.1, 0.15) is 48.6 Å². The van der Waals surface area contributed by atoms with E-state index >= 15 is 0 Å². The zero-order valence-corrected chi connectivity index (χ0v) is 48.3. The van der Waals surface area contributed by atoms with Crippen LogP contribution in [0.25, 0.3) is 72.1 Å². The normalized spacial score (nSPS) is 13.1. The Labute approximate surface area is 499 Å². The van der Waals surface area contributed by atoms with Crippen LogP contribution < -0.4 is 14.5 Å². The minimum absolute atomic E-state index is 0. The number of nitrogens with zero attached hydrogens (tertiary/aromatic N) is 4. The minimum Gasteiger partial charge on any atom is -0.509 e. The van der Waals surface area contributed by atoms with Crippen LogP contribution in [0.3, 0.4) is 0 Å². The third kappa shape index (κ3) is 8.60. The Hall–Kier alpha value is -9.54. The topological polar surface area (TPSA) is 33.5 Å². The summed E-state index contributed by atoms with van der Waals surface area (Å²) in [6, 6.07) is 104. The number of hydrogen-bond acceptors (Lipinski definition) is 4. The van der Waals surface area contributed by atoms with Gasteiger partial charge in [0.1, 0.15) is 5.82 Å². The number of fused-ring (bicyclic) bond motifs is 7. The molecule has 3 heterocycles. The van der Waals surface area contributed by atoms with Crippen molar-refractivity contribution in [2.24, 2.45) is 0 Å². The van der Waals surface area contributed by atoms with E-state index in [0.717, 1.165) is 83.8 Å². The fourth-order valence-corrected chi connectivity index (χ4v) is 12.9. The van der Waals surface area contributed by atoms with E-state index in [9.17, 15) is 0 Å². The molecule has 1 aliphatic heterocycles. The predicted octanol–water partition coefficient (Wildman–Crippen LogP) is 19.6. The van der Waals surface area contributed by atoms with Gasteiger partial charge in [0.25, 0.3) is 0 Å². The maximum absolute atomic E-state index is 6.88. The number of benzene rings is 11. The average molecular weight is 1250 g/mol. The van der Waals surface area contributed by atoms with Gasteiger partial charge in [0.15, 0.2) is 0 Å². The molecule has 402 valence electrons. The molecule has 0 saturated heterocycles. The summed E-state index contributed by atoms with van der Waals surface area (Å²) in [4.78, 5) is 9.64. The van der Waals surface area contributed by atoms with Gasteiger partial charge in [0.2, 0.25) is 0 Å². The first kappa shape index (κ1) is 51.6. The second-order valence-electron chi connectivity index (χ2n) is 22.3.